The van der Waals surface area contributed by atoms with E-state index in [-0.39, 0.29) is 17.3 Å². The van der Waals surface area contributed by atoms with Crippen LogP contribution in [0.25, 0.3) is 0 Å². The molecule has 0 bridgehead atoms. The van der Waals surface area contributed by atoms with Gasteiger partial charge in [-0.1, -0.05) is 23.2 Å². The zero-order valence-corrected chi connectivity index (χ0v) is 15.1. The first-order chi connectivity index (χ1) is 11.5. The van der Waals surface area contributed by atoms with Gasteiger partial charge in [0.05, 0.1) is 11.6 Å². The first kappa shape index (κ1) is 20.7. The summed E-state index contributed by atoms with van der Waals surface area (Å²) in [5.41, 5.74) is 0.377. The molecule has 0 aliphatic heterocycles. The number of methoxy groups -OCH3 is 1. The number of hydrogen-bond donors (Lipinski definition) is 2. The van der Waals surface area contributed by atoms with E-state index in [1.165, 1.54) is 12.1 Å². The predicted octanol–water partition coefficient (Wildman–Crippen LogP) is 3.69. The fraction of sp³-hybridized carbons (Fsp3) is 0.533. The molecule has 0 amide bonds. The van der Waals surface area contributed by atoms with Gasteiger partial charge in [0, 0.05) is 37.4 Å². The third kappa shape index (κ3) is 7.51. The summed E-state index contributed by atoms with van der Waals surface area (Å²) in [6.45, 7) is 0.980. The molecule has 0 aliphatic carbocycles. The van der Waals surface area contributed by atoms with E-state index in [1.54, 1.807) is 7.11 Å². The second kappa shape index (κ2) is 11.3. The lowest BCUT2D eigenvalue weighted by atomic mass is 10.2. The van der Waals surface area contributed by atoms with Crippen molar-refractivity contribution < 1.29 is 18.3 Å². The fourth-order valence-corrected chi connectivity index (χ4v) is 2.46. The van der Waals surface area contributed by atoms with Crippen molar-refractivity contribution in [2.75, 3.05) is 26.8 Å². The van der Waals surface area contributed by atoms with E-state index in [2.05, 4.69) is 20.4 Å². The third-order valence-electron chi connectivity index (χ3n) is 2.86. The maximum absolute atomic E-state index is 12.6. The summed E-state index contributed by atoms with van der Waals surface area (Å²) in [6, 6.07) is 2.85. The SMILES string of the molecule is CCNC(=NCc1cc(Cl)cc(Cl)c1OC(F)F)NCCCOC. The van der Waals surface area contributed by atoms with Crippen molar-refractivity contribution in [3.8, 4) is 5.75 Å². The van der Waals surface area contributed by atoms with Crippen molar-refractivity contribution in [1.82, 2.24) is 10.6 Å². The van der Waals surface area contributed by atoms with Crippen molar-refractivity contribution in [2.45, 2.75) is 26.5 Å². The van der Waals surface area contributed by atoms with Gasteiger partial charge in [0.15, 0.2) is 5.96 Å². The minimum Gasteiger partial charge on any atom is -0.433 e. The van der Waals surface area contributed by atoms with Gasteiger partial charge in [-0.15, -0.1) is 0 Å². The van der Waals surface area contributed by atoms with E-state index in [1.807, 2.05) is 6.92 Å². The molecule has 0 aromatic heterocycles. The number of benzene rings is 1. The highest BCUT2D eigenvalue weighted by molar-refractivity contribution is 6.35. The van der Waals surface area contributed by atoms with Gasteiger partial charge in [0.2, 0.25) is 0 Å². The molecule has 0 saturated heterocycles. The molecule has 136 valence electrons. The van der Waals surface area contributed by atoms with Crippen LogP contribution in [0, 0.1) is 0 Å². The predicted molar refractivity (Wildman–Crippen MR) is 92.4 cm³/mol. The molecule has 1 rings (SSSR count). The van der Waals surface area contributed by atoms with Crippen molar-refractivity contribution in [3.63, 3.8) is 0 Å². The first-order valence-electron chi connectivity index (χ1n) is 7.41. The Labute approximate surface area is 150 Å². The largest absolute Gasteiger partial charge is 0.433 e. The summed E-state index contributed by atoms with van der Waals surface area (Å²) in [4.78, 5) is 4.34. The molecule has 0 spiro atoms. The lowest BCUT2D eigenvalue weighted by Crippen LogP contribution is -2.38. The van der Waals surface area contributed by atoms with E-state index < -0.39 is 6.61 Å². The topological polar surface area (TPSA) is 54.9 Å². The van der Waals surface area contributed by atoms with E-state index in [9.17, 15) is 8.78 Å². The Hall–Kier alpha value is -1.31. The average Bonchev–Trinajstić information content (AvgIpc) is 2.51. The van der Waals surface area contributed by atoms with Crippen LogP contribution in [-0.4, -0.2) is 39.4 Å². The number of nitrogens with zero attached hydrogens (tertiary/aromatic N) is 1. The number of rotatable bonds is 9. The quantitative estimate of drug-likeness (QED) is 0.388. The Morgan fingerprint density at radius 2 is 2.04 bits per heavy atom. The molecule has 0 heterocycles. The Morgan fingerprint density at radius 1 is 1.29 bits per heavy atom. The van der Waals surface area contributed by atoms with Gasteiger partial charge in [0.1, 0.15) is 5.75 Å². The van der Waals surface area contributed by atoms with Crippen LogP contribution in [0.3, 0.4) is 0 Å². The van der Waals surface area contributed by atoms with Crippen LogP contribution in [0.4, 0.5) is 8.78 Å². The molecule has 0 atom stereocenters. The molecule has 1 aromatic carbocycles. The molecule has 0 fully saturated rings. The zero-order valence-electron chi connectivity index (χ0n) is 13.5. The number of alkyl halides is 2. The van der Waals surface area contributed by atoms with E-state index in [4.69, 9.17) is 27.9 Å². The molecular weight excluding hydrogens is 363 g/mol. The number of guanidine groups is 1. The van der Waals surface area contributed by atoms with E-state index in [0.29, 0.717) is 36.2 Å². The highest BCUT2D eigenvalue weighted by Crippen LogP contribution is 2.34. The minimum atomic E-state index is -2.98. The molecule has 5 nitrogen and oxygen atoms in total. The first-order valence-corrected chi connectivity index (χ1v) is 8.17. The van der Waals surface area contributed by atoms with Gasteiger partial charge in [-0.2, -0.15) is 8.78 Å². The zero-order chi connectivity index (χ0) is 17.9. The van der Waals surface area contributed by atoms with E-state index >= 15 is 0 Å². The van der Waals surface area contributed by atoms with Gasteiger partial charge in [-0.05, 0) is 25.5 Å². The van der Waals surface area contributed by atoms with Gasteiger partial charge < -0.3 is 20.1 Å². The molecule has 1 aromatic rings. The highest BCUT2D eigenvalue weighted by Gasteiger charge is 2.15. The Balaban J connectivity index is 2.86. The number of aliphatic imine (C=N–C) groups is 1. The molecule has 0 radical (unpaired) electrons. The van der Waals surface area contributed by atoms with Crippen LogP contribution in [-0.2, 0) is 11.3 Å². The minimum absolute atomic E-state index is 0.0195. The molecule has 0 unspecified atom stereocenters. The molecular formula is C15H21Cl2F2N3O2. The van der Waals surface area contributed by atoms with Gasteiger partial charge >= 0.3 is 6.61 Å². The molecule has 0 aliphatic rings. The second-order valence-corrected chi connectivity index (χ2v) is 5.57. The summed E-state index contributed by atoms with van der Waals surface area (Å²) >= 11 is 11.9. The molecule has 24 heavy (non-hydrogen) atoms. The Kier molecular flexibility index (Phi) is 9.75. The van der Waals surface area contributed by atoms with Crippen LogP contribution in [0.1, 0.15) is 18.9 Å². The lowest BCUT2D eigenvalue weighted by Gasteiger charge is -2.14. The smallest absolute Gasteiger partial charge is 0.387 e. The average molecular weight is 384 g/mol. The number of halogens is 4. The van der Waals surface area contributed by atoms with Gasteiger partial charge in [-0.25, -0.2) is 4.99 Å². The normalized spacial score (nSPS) is 11.7. The van der Waals surface area contributed by atoms with Crippen molar-refractivity contribution in [1.29, 1.82) is 0 Å². The van der Waals surface area contributed by atoms with Crippen LogP contribution >= 0.6 is 23.2 Å². The molecule has 2 N–H and O–H groups in total. The van der Waals surface area contributed by atoms with Crippen LogP contribution in [0.15, 0.2) is 17.1 Å². The van der Waals surface area contributed by atoms with Crippen LogP contribution in [0.5, 0.6) is 5.75 Å². The summed E-state index contributed by atoms with van der Waals surface area (Å²) in [7, 11) is 1.63. The number of nitrogens with one attached hydrogen (secondary N) is 2. The highest BCUT2D eigenvalue weighted by atomic mass is 35.5. The number of hydrogen-bond acceptors (Lipinski definition) is 3. The van der Waals surface area contributed by atoms with Crippen molar-refractivity contribution in [3.05, 3.63) is 27.7 Å². The second-order valence-electron chi connectivity index (χ2n) is 4.72. The Morgan fingerprint density at radius 3 is 2.67 bits per heavy atom. The molecule has 0 saturated carbocycles. The summed E-state index contributed by atoms with van der Waals surface area (Å²) < 4.78 is 34.6. The molecule has 9 heteroatoms. The Bertz CT molecular complexity index is 546. The van der Waals surface area contributed by atoms with Crippen LogP contribution in [0.2, 0.25) is 10.0 Å². The third-order valence-corrected chi connectivity index (χ3v) is 3.36. The fourth-order valence-electron chi connectivity index (χ4n) is 1.88. The maximum atomic E-state index is 12.6. The number of ether oxygens (including phenoxy) is 2. The van der Waals surface area contributed by atoms with Crippen molar-refractivity contribution in [2.24, 2.45) is 4.99 Å². The lowest BCUT2D eigenvalue weighted by molar-refractivity contribution is -0.0503. The van der Waals surface area contributed by atoms with Gasteiger partial charge in [0.25, 0.3) is 0 Å². The summed E-state index contributed by atoms with van der Waals surface area (Å²) in [5, 5.41) is 6.52. The van der Waals surface area contributed by atoms with Crippen molar-refractivity contribution >= 4 is 29.2 Å². The van der Waals surface area contributed by atoms with Crippen LogP contribution < -0.4 is 15.4 Å². The summed E-state index contributed by atoms with van der Waals surface area (Å²) in [5.74, 6) is 0.433. The van der Waals surface area contributed by atoms with Gasteiger partial charge in [-0.3, -0.25) is 0 Å². The monoisotopic (exact) mass is 383 g/mol. The maximum Gasteiger partial charge on any atom is 0.387 e. The summed E-state index contributed by atoms with van der Waals surface area (Å²) in [6.07, 6.45) is 0.809. The van der Waals surface area contributed by atoms with E-state index in [0.717, 1.165) is 6.42 Å². The standard InChI is InChI=1S/C15H21Cl2F2N3O2/c1-3-20-15(21-5-4-6-23-2)22-9-10-7-11(16)8-12(17)13(10)24-14(18)19/h7-8,14H,3-6,9H2,1-2H3,(H2,20,21,22).